The lowest BCUT2D eigenvalue weighted by molar-refractivity contribution is 0.0714. The van der Waals surface area contributed by atoms with E-state index in [9.17, 15) is 14.3 Å². The molecule has 1 aliphatic carbocycles. The van der Waals surface area contributed by atoms with Crippen LogP contribution < -0.4 is 5.32 Å². The number of halogens is 1. The van der Waals surface area contributed by atoms with Gasteiger partial charge < -0.3 is 15.4 Å². The van der Waals surface area contributed by atoms with Gasteiger partial charge in [-0.05, 0) is 37.1 Å². The SMILES string of the molecule is O=C(NC1CCCCC1O)c1cc2cc(F)ccc2[nH]1. The standard InChI is InChI=1S/C15H17FN2O2/c16-10-5-6-11-9(7-10)8-13(17-11)15(20)18-12-3-1-2-4-14(12)19/h5-8,12,14,17,19H,1-4H2,(H,18,20). The van der Waals surface area contributed by atoms with Crippen LogP contribution in [0.25, 0.3) is 10.9 Å². The molecule has 1 aromatic carbocycles. The van der Waals surface area contributed by atoms with Crippen LogP contribution in [0.15, 0.2) is 24.3 Å². The molecule has 2 atom stereocenters. The summed E-state index contributed by atoms with van der Waals surface area (Å²) in [6.07, 6.45) is 3.05. The minimum Gasteiger partial charge on any atom is -0.391 e. The van der Waals surface area contributed by atoms with Gasteiger partial charge in [-0.15, -0.1) is 0 Å². The van der Waals surface area contributed by atoms with Crippen LogP contribution in [0.1, 0.15) is 36.2 Å². The van der Waals surface area contributed by atoms with Crippen molar-refractivity contribution in [3.63, 3.8) is 0 Å². The van der Waals surface area contributed by atoms with Crippen molar-refractivity contribution in [2.24, 2.45) is 0 Å². The van der Waals surface area contributed by atoms with Crippen LogP contribution in [0.4, 0.5) is 4.39 Å². The molecular weight excluding hydrogens is 259 g/mol. The molecule has 2 unspecified atom stereocenters. The number of amides is 1. The Labute approximate surface area is 116 Å². The van der Waals surface area contributed by atoms with E-state index in [4.69, 9.17) is 0 Å². The van der Waals surface area contributed by atoms with Crippen LogP contribution in [-0.4, -0.2) is 28.1 Å². The van der Waals surface area contributed by atoms with E-state index >= 15 is 0 Å². The van der Waals surface area contributed by atoms with Crippen LogP contribution >= 0.6 is 0 Å². The predicted molar refractivity (Wildman–Crippen MR) is 74.0 cm³/mol. The lowest BCUT2D eigenvalue weighted by atomic mass is 9.92. The maximum Gasteiger partial charge on any atom is 0.268 e. The van der Waals surface area contributed by atoms with E-state index in [2.05, 4.69) is 10.3 Å². The molecule has 1 aromatic heterocycles. The van der Waals surface area contributed by atoms with Crippen molar-refractivity contribution in [1.29, 1.82) is 0 Å². The molecule has 0 bridgehead atoms. The summed E-state index contributed by atoms with van der Waals surface area (Å²) in [4.78, 5) is 15.1. The smallest absolute Gasteiger partial charge is 0.268 e. The molecule has 0 radical (unpaired) electrons. The number of nitrogens with one attached hydrogen (secondary N) is 2. The quantitative estimate of drug-likeness (QED) is 0.788. The number of hydrogen-bond donors (Lipinski definition) is 3. The first-order valence-electron chi connectivity index (χ1n) is 6.91. The largest absolute Gasteiger partial charge is 0.391 e. The number of benzene rings is 1. The van der Waals surface area contributed by atoms with E-state index in [1.165, 1.54) is 12.1 Å². The van der Waals surface area contributed by atoms with Crippen molar-refractivity contribution in [2.75, 3.05) is 0 Å². The van der Waals surface area contributed by atoms with Crippen LogP contribution in [-0.2, 0) is 0 Å². The molecule has 1 amide bonds. The molecule has 1 fully saturated rings. The summed E-state index contributed by atoms with van der Waals surface area (Å²) < 4.78 is 13.1. The molecule has 20 heavy (non-hydrogen) atoms. The van der Waals surface area contributed by atoms with E-state index in [0.29, 0.717) is 11.1 Å². The molecule has 2 aromatic rings. The molecule has 0 spiro atoms. The highest BCUT2D eigenvalue weighted by molar-refractivity contribution is 5.98. The Morgan fingerprint density at radius 2 is 2.10 bits per heavy atom. The average Bonchev–Trinajstić information content (AvgIpc) is 2.84. The molecule has 1 aliphatic rings. The third-order valence-corrected chi connectivity index (χ3v) is 3.87. The summed E-state index contributed by atoms with van der Waals surface area (Å²) in [5, 5.41) is 13.4. The van der Waals surface area contributed by atoms with Crippen molar-refractivity contribution in [3.05, 3.63) is 35.8 Å². The summed E-state index contributed by atoms with van der Waals surface area (Å²) in [6, 6.07) is 5.78. The fourth-order valence-corrected chi connectivity index (χ4v) is 2.75. The van der Waals surface area contributed by atoms with Gasteiger partial charge in [0.05, 0.1) is 12.1 Å². The molecule has 1 saturated carbocycles. The van der Waals surface area contributed by atoms with Gasteiger partial charge in [0.1, 0.15) is 11.5 Å². The number of fused-ring (bicyclic) bond motifs is 1. The third kappa shape index (κ3) is 2.54. The molecule has 3 N–H and O–H groups in total. The normalized spacial score (nSPS) is 22.9. The number of H-pyrrole nitrogens is 1. The Morgan fingerprint density at radius 3 is 2.90 bits per heavy atom. The Hall–Kier alpha value is -1.88. The summed E-state index contributed by atoms with van der Waals surface area (Å²) in [7, 11) is 0. The van der Waals surface area contributed by atoms with Gasteiger partial charge in [0, 0.05) is 10.9 Å². The van der Waals surface area contributed by atoms with Gasteiger partial charge in [-0.1, -0.05) is 12.8 Å². The number of aromatic amines is 1. The molecule has 0 saturated heterocycles. The maximum absolute atomic E-state index is 13.1. The first-order valence-corrected chi connectivity index (χ1v) is 6.91. The second-order valence-electron chi connectivity index (χ2n) is 5.35. The highest BCUT2D eigenvalue weighted by Crippen LogP contribution is 2.20. The Kier molecular flexibility index (Phi) is 3.44. The lowest BCUT2D eigenvalue weighted by Gasteiger charge is -2.28. The van der Waals surface area contributed by atoms with E-state index in [1.54, 1.807) is 12.1 Å². The van der Waals surface area contributed by atoms with Crippen LogP contribution in [0.3, 0.4) is 0 Å². The van der Waals surface area contributed by atoms with Gasteiger partial charge in [-0.25, -0.2) is 4.39 Å². The highest BCUT2D eigenvalue weighted by Gasteiger charge is 2.25. The number of rotatable bonds is 2. The molecule has 1 heterocycles. The maximum atomic E-state index is 13.1. The van der Waals surface area contributed by atoms with Crippen molar-refractivity contribution in [3.8, 4) is 0 Å². The van der Waals surface area contributed by atoms with Crippen molar-refractivity contribution < 1.29 is 14.3 Å². The van der Waals surface area contributed by atoms with E-state index in [-0.39, 0.29) is 17.8 Å². The minimum atomic E-state index is -0.477. The van der Waals surface area contributed by atoms with Crippen molar-refractivity contribution in [1.82, 2.24) is 10.3 Å². The predicted octanol–water partition coefficient (Wildman–Crippen LogP) is 2.34. The van der Waals surface area contributed by atoms with Crippen LogP contribution in [0.5, 0.6) is 0 Å². The monoisotopic (exact) mass is 276 g/mol. The Balaban J connectivity index is 1.78. The second kappa shape index (κ2) is 5.25. The summed E-state index contributed by atoms with van der Waals surface area (Å²) in [5.74, 6) is -0.585. The van der Waals surface area contributed by atoms with Gasteiger partial charge in [-0.3, -0.25) is 4.79 Å². The number of aliphatic hydroxyl groups is 1. The molecule has 3 rings (SSSR count). The van der Waals surface area contributed by atoms with Gasteiger partial charge in [0.2, 0.25) is 0 Å². The average molecular weight is 276 g/mol. The highest BCUT2D eigenvalue weighted by atomic mass is 19.1. The van der Waals surface area contributed by atoms with Gasteiger partial charge in [0.25, 0.3) is 5.91 Å². The van der Waals surface area contributed by atoms with E-state index in [1.807, 2.05) is 0 Å². The minimum absolute atomic E-state index is 0.195. The lowest BCUT2D eigenvalue weighted by Crippen LogP contribution is -2.45. The summed E-state index contributed by atoms with van der Waals surface area (Å²) in [5.41, 5.74) is 1.11. The molecule has 5 heteroatoms. The molecule has 0 aliphatic heterocycles. The first kappa shape index (κ1) is 13.1. The fraction of sp³-hybridized carbons (Fsp3) is 0.400. The summed E-state index contributed by atoms with van der Waals surface area (Å²) in [6.45, 7) is 0. The van der Waals surface area contributed by atoms with Crippen molar-refractivity contribution >= 4 is 16.8 Å². The number of aromatic nitrogens is 1. The van der Waals surface area contributed by atoms with E-state index < -0.39 is 6.10 Å². The number of carbonyl (C=O) groups excluding carboxylic acids is 1. The zero-order valence-electron chi connectivity index (χ0n) is 11.0. The number of hydrogen-bond acceptors (Lipinski definition) is 2. The van der Waals surface area contributed by atoms with Crippen molar-refractivity contribution in [2.45, 2.75) is 37.8 Å². The van der Waals surface area contributed by atoms with E-state index in [0.717, 1.165) is 31.2 Å². The zero-order valence-corrected chi connectivity index (χ0v) is 11.0. The zero-order chi connectivity index (χ0) is 14.1. The molecule has 106 valence electrons. The Morgan fingerprint density at radius 1 is 1.30 bits per heavy atom. The third-order valence-electron chi connectivity index (χ3n) is 3.87. The number of aliphatic hydroxyl groups excluding tert-OH is 1. The van der Waals surface area contributed by atoms with Gasteiger partial charge >= 0.3 is 0 Å². The second-order valence-corrected chi connectivity index (χ2v) is 5.35. The van der Waals surface area contributed by atoms with Gasteiger partial charge in [0.15, 0.2) is 0 Å². The Bertz CT molecular complexity index is 638. The van der Waals surface area contributed by atoms with Gasteiger partial charge in [-0.2, -0.15) is 0 Å². The first-order chi connectivity index (χ1) is 9.63. The topological polar surface area (TPSA) is 65.1 Å². The van der Waals surface area contributed by atoms with Crippen LogP contribution in [0.2, 0.25) is 0 Å². The molecular formula is C15H17FN2O2. The molecule has 4 nitrogen and oxygen atoms in total. The number of carbonyl (C=O) groups is 1. The fourth-order valence-electron chi connectivity index (χ4n) is 2.75. The summed E-state index contributed by atoms with van der Waals surface area (Å²) >= 11 is 0. The van der Waals surface area contributed by atoms with Crippen LogP contribution in [0, 0.1) is 5.82 Å².